The van der Waals surface area contributed by atoms with Gasteiger partial charge in [0.25, 0.3) is 5.91 Å². The number of nitrogens with one attached hydrogen (secondary N) is 1. The van der Waals surface area contributed by atoms with E-state index in [4.69, 9.17) is 14.9 Å². The van der Waals surface area contributed by atoms with Crippen LogP contribution in [0.25, 0.3) is 33.5 Å². The number of halogens is 3. The molecule has 1 amide bonds. The SMILES string of the molecule is COc1ccc(-c2nc(C(=O)NCc3cccc(-c4cncnc4)c3)c([C@H](C)N)o2)c2ccc(C(F)(F)F)nc12. The molecule has 0 unspecified atom stereocenters. The molecule has 0 spiro atoms. The molecule has 5 rings (SSSR count). The Morgan fingerprint density at radius 3 is 2.55 bits per heavy atom. The fourth-order valence-corrected chi connectivity index (χ4v) is 4.19. The molecule has 0 saturated carbocycles. The van der Waals surface area contributed by atoms with E-state index in [1.165, 1.54) is 25.6 Å². The van der Waals surface area contributed by atoms with E-state index in [0.29, 0.717) is 10.9 Å². The zero-order chi connectivity index (χ0) is 28.4. The monoisotopic (exact) mass is 548 g/mol. The van der Waals surface area contributed by atoms with Crippen LogP contribution in [0, 0.1) is 0 Å². The molecule has 0 bridgehead atoms. The lowest BCUT2D eigenvalue weighted by Crippen LogP contribution is -2.25. The molecular formula is C28H23F3N6O3. The van der Waals surface area contributed by atoms with Crippen molar-refractivity contribution in [1.82, 2.24) is 25.3 Å². The second kappa shape index (κ2) is 10.7. The first-order valence-electron chi connectivity index (χ1n) is 12.1. The van der Waals surface area contributed by atoms with Crippen molar-refractivity contribution >= 4 is 16.8 Å². The van der Waals surface area contributed by atoms with Crippen molar-refractivity contribution in [2.45, 2.75) is 25.7 Å². The van der Waals surface area contributed by atoms with Gasteiger partial charge in [-0.05, 0) is 48.4 Å². The second-order valence-corrected chi connectivity index (χ2v) is 8.94. The largest absolute Gasteiger partial charge is 0.494 e. The van der Waals surface area contributed by atoms with Crippen molar-refractivity contribution in [3.05, 3.63) is 90.0 Å². The van der Waals surface area contributed by atoms with E-state index < -0.39 is 23.8 Å². The Kier molecular flexibility index (Phi) is 7.18. The van der Waals surface area contributed by atoms with Crippen LogP contribution in [0.2, 0.25) is 0 Å². The lowest BCUT2D eigenvalue weighted by atomic mass is 10.1. The topological polar surface area (TPSA) is 129 Å². The number of aromatic nitrogens is 4. The summed E-state index contributed by atoms with van der Waals surface area (Å²) in [5.41, 5.74) is 7.84. The van der Waals surface area contributed by atoms with Crippen LogP contribution in [-0.4, -0.2) is 33.0 Å². The van der Waals surface area contributed by atoms with Crippen LogP contribution < -0.4 is 15.8 Å². The van der Waals surface area contributed by atoms with Crippen LogP contribution in [0.15, 0.2) is 71.7 Å². The molecule has 3 aromatic heterocycles. The maximum atomic E-state index is 13.3. The quantitative estimate of drug-likeness (QED) is 0.280. The van der Waals surface area contributed by atoms with Gasteiger partial charge >= 0.3 is 6.18 Å². The normalized spacial score (nSPS) is 12.3. The van der Waals surface area contributed by atoms with E-state index in [1.807, 2.05) is 24.3 Å². The third-order valence-electron chi connectivity index (χ3n) is 6.12. The Hall–Kier alpha value is -4.84. The van der Waals surface area contributed by atoms with E-state index in [1.54, 1.807) is 25.4 Å². The predicted molar refractivity (Wildman–Crippen MR) is 140 cm³/mol. The average Bonchev–Trinajstić information content (AvgIpc) is 3.41. The molecule has 9 nitrogen and oxygen atoms in total. The number of alkyl halides is 3. The number of methoxy groups -OCH3 is 1. The van der Waals surface area contributed by atoms with Crippen LogP contribution in [0.5, 0.6) is 5.75 Å². The Bertz CT molecular complexity index is 1690. The maximum absolute atomic E-state index is 13.3. The van der Waals surface area contributed by atoms with Crippen molar-refractivity contribution in [3.8, 4) is 28.3 Å². The van der Waals surface area contributed by atoms with Gasteiger partial charge in [-0.25, -0.2) is 19.9 Å². The fraction of sp³-hybridized carbons (Fsp3) is 0.179. The molecule has 40 heavy (non-hydrogen) atoms. The van der Waals surface area contributed by atoms with Gasteiger partial charge < -0.3 is 20.2 Å². The highest BCUT2D eigenvalue weighted by atomic mass is 19.4. The van der Waals surface area contributed by atoms with Crippen molar-refractivity contribution in [3.63, 3.8) is 0 Å². The minimum atomic E-state index is -4.64. The molecule has 3 heterocycles. The number of carbonyl (C=O) groups excluding carboxylic acids is 1. The lowest BCUT2D eigenvalue weighted by Gasteiger charge is -2.11. The highest BCUT2D eigenvalue weighted by molar-refractivity contribution is 5.98. The number of pyridine rings is 1. The van der Waals surface area contributed by atoms with Gasteiger partial charge in [0.1, 0.15) is 23.3 Å². The van der Waals surface area contributed by atoms with E-state index >= 15 is 0 Å². The van der Waals surface area contributed by atoms with Crippen LogP contribution in [0.1, 0.15) is 40.5 Å². The first-order chi connectivity index (χ1) is 19.2. The highest BCUT2D eigenvalue weighted by Gasteiger charge is 2.33. The number of ether oxygens (including phenoxy) is 1. The summed E-state index contributed by atoms with van der Waals surface area (Å²) in [6, 6.07) is 12.0. The first-order valence-corrected chi connectivity index (χ1v) is 12.1. The molecule has 0 radical (unpaired) electrons. The molecule has 0 aliphatic heterocycles. The van der Waals surface area contributed by atoms with E-state index in [0.717, 1.165) is 22.8 Å². The van der Waals surface area contributed by atoms with Gasteiger partial charge in [-0.2, -0.15) is 13.2 Å². The molecule has 5 aromatic rings. The fourth-order valence-electron chi connectivity index (χ4n) is 4.19. The highest BCUT2D eigenvalue weighted by Crippen LogP contribution is 2.37. The van der Waals surface area contributed by atoms with Crippen molar-refractivity contribution in [2.75, 3.05) is 7.11 Å². The summed E-state index contributed by atoms with van der Waals surface area (Å²) in [6.07, 6.45) is 0.193. The summed E-state index contributed by atoms with van der Waals surface area (Å²) in [4.78, 5) is 29.4. The standard InChI is InChI=1S/C28H23F3N6O3/c1-15(32)25-24(26(38)35-11-16-4-3-5-17(10-16)18-12-33-14-34-13-18)37-27(40-25)20-6-8-21(39-2)23-19(20)7-9-22(36-23)28(29,30)31/h3-10,12-15H,11,32H2,1-2H3,(H,35,38)/t15-/m0/s1. The van der Waals surface area contributed by atoms with E-state index in [9.17, 15) is 18.0 Å². The van der Waals surface area contributed by atoms with Crippen LogP contribution in [0.4, 0.5) is 13.2 Å². The summed E-state index contributed by atoms with van der Waals surface area (Å²) < 4.78 is 51.1. The van der Waals surface area contributed by atoms with Crippen LogP contribution in [0.3, 0.4) is 0 Å². The number of fused-ring (bicyclic) bond motifs is 1. The molecule has 3 N–H and O–H groups in total. The number of hydrogen-bond donors (Lipinski definition) is 2. The Labute approximate surface area is 226 Å². The van der Waals surface area contributed by atoms with Crippen LogP contribution in [-0.2, 0) is 12.7 Å². The van der Waals surface area contributed by atoms with Crippen molar-refractivity contribution in [2.24, 2.45) is 5.73 Å². The van der Waals surface area contributed by atoms with Gasteiger partial charge in [0.2, 0.25) is 5.89 Å². The number of nitrogens with zero attached hydrogens (tertiary/aromatic N) is 4. The molecule has 2 aromatic carbocycles. The molecule has 0 saturated heterocycles. The van der Waals surface area contributed by atoms with Crippen LogP contribution >= 0.6 is 0 Å². The smallest absolute Gasteiger partial charge is 0.433 e. The zero-order valence-corrected chi connectivity index (χ0v) is 21.4. The van der Waals surface area contributed by atoms with Gasteiger partial charge in [-0.15, -0.1) is 0 Å². The first kappa shape index (κ1) is 26.8. The minimum Gasteiger partial charge on any atom is -0.494 e. The number of benzene rings is 2. The van der Waals surface area contributed by atoms with Crippen molar-refractivity contribution < 1.29 is 27.1 Å². The number of nitrogens with two attached hydrogens (primary N) is 1. The number of rotatable bonds is 7. The molecule has 0 aliphatic rings. The summed E-state index contributed by atoms with van der Waals surface area (Å²) >= 11 is 0. The van der Waals surface area contributed by atoms with E-state index in [-0.39, 0.29) is 35.2 Å². The Balaban J connectivity index is 1.46. The molecule has 12 heteroatoms. The number of carbonyl (C=O) groups is 1. The Morgan fingerprint density at radius 1 is 1.07 bits per heavy atom. The molecule has 0 aliphatic carbocycles. The van der Waals surface area contributed by atoms with Gasteiger partial charge in [0, 0.05) is 35.5 Å². The van der Waals surface area contributed by atoms with Gasteiger partial charge in [-0.3, -0.25) is 4.79 Å². The number of hydrogen-bond acceptors (Lipinski definition) is 8. The third-order valence-corrected chi connectivity index (χ3v) is 6.12. The third kappa shape index (κ3) is 5.34. The second-order valence-electron chi connectivity index (χ2n) is 8.94. The molecule has 204 valence electrons. The summed E-state index contributed by atoms with van der Waals surface area (Å²) in [5.74, 6) is -0.235. The zero-order valence-electron chi connectivity index (χ0n) is 21.4. The van der Waals surface area contributed by atoms with Gasteiger partial charge in [-0.1, -0.05) is 18.2 Å². The number of oxazole rings is 1. The average molecular weight is 549 g/mol. The Morgan fingerprint density at radius 2 is 1.85 bits per heavy atom. The summed E-state index contributed by atoms with van der Waals surface area (Å²) in [6.45, 7) is 1.83. The van der Waals surface area contributed by atoms with E-state index in [2.05, 4.69) is 25.3 Å². The molecule has 1 atom stereocenters. The molecule has 0 fully saturated rings. The minimum absolute atomic E-state index is 0.0118. The predicted octanol–water partition coefficient (Wildman–Crippen LogP) is 5.32. The van der Waals surface area contributed by atoms with Gasteiger partial charge in [0.15, 0.2) is 11.5 Å². The summed E-state index contributed by atoms with van der Waals surface area (Å²) in [7, 11) is 1.33. The van der Waals surface area contributed by atoms with Crippen molar-refractivity contribution in [1.29, 1.82) is 0 Å². The number of amides is 1. The maximum Gasteiger partial charge on any atom is 0.433 e. The van der Waals surface area contributed by atoms with Gasteiger partial charge in [0.05, 0.1) is 13.2 Å². The summed E-state index contributed by atoms with van der Waals surface area (Å²) in [5, 5.41) is 3.13. The molecular weight excluding hydrogens is 525 g/mol. The lowest BCUT2D eigenvalue weighted by molar-refractivity contribution is -0.140.